The summed E-state index contributed by atoms with van der Waals surface area (Å²) in [5.74, 6) is -2.01. The van der Waals surface area contributed by atoms with Crippen molar-refractivity contribution in [3.63, 3.8) is 0 Å². The van der Waals surface area contributed by atoms with Crippen molar-refractivity contribution < 1.29 is 14.7 Å². The predicted octanol–water partition coefficient (Wildman–Crippen LogP) is 3.36. The molecular formula is C19H18N2O3. The first-order valence-corrected chi connectivity index (χ1v) is 7.72. The van der Waals surface area contributed by atoms with Gasteiger partial charge < -0.3 is 15.4 Å². The second kappa shape index (κ2) is 6.58. The Bertz CT molecular complexity index is 870. The lowest BCUT2D eigenvalue weighted by Gasteiger charge is -2.23. The minimum atomic E-state index is -0.956. The van der Waals surface area contributed by atoms with Crippen molar-refractivity contribution in [2.75, 3.05) is 0 Å². The zero-order valence-corrected chi connectivity index (χ0v) is 13.2. The van der Waals surface area contributed by atoms with E-state index in [0.29, 0.717) is 5.56 Å². The summed E-state index contributed by atoms with van der Waals surface area (Å²) in [6, 6.07) is 15.9. The van der Waals surface area contributed by atoms with Crippen molar-refractivity contribution in [3.8, 4) is 0 Å². The van der Waals surface area contributed by atoms with Crippen LogP contribution in [0.25, 0.3) is 10.9 Å². The van der Waals surface area contributed by atoms with Gasteiger partial charge in [0.2, 0.25) is 0 Å². The van der Waals surface area contributed by atoms with Crippen LogP contribution in [0.2, 0.25) is 0 Å². The van der Waals surface area contributed by atoms with E-state index in [1.54, 1.807) is 19.2 Å². The fraction of sp³-hybridized carbons (Fsp3) is 0.158. The van der Waals surface area contributed by atoms with Gasteiger partial charge in [-0.1, -0.05) is 42.5 Å². The maximum atomic E-state index is 12.7. The molecule has 5 heteroatoms. The quantitative estimate of drug-likeness (QED) is 0.673. The number of carboxylic acids is 1. The number of aromatic amines is 1. The standard InChI is InChI=1S/C19H18N2O3/c1-12(19(23)24)16(13-6-3-2-4-7-13)21-18(22)15-9-5-8-14-10-11-20-17(14)15/h2-12,16,20H,1H3,(H,21,22)(H,23,24)/t12-,16-/m0/s1. The van der Waals surface area contributed by atoms with Crippen LogP contribution in [0.5, 0.6) is 0 Å². The number of H-pyrrole nitrogens is 1. The Morgan fingerprint density at radius 1 is 1.04 bits per heavy atom. The van der Waals surface area contributed by atoms with E-state index in [0.717, 1.165) is 16.5 Å². The number of carboxylic acid groups (broad SMARTS) is 1. The Morgan fingerprint density at radius 2 is 1.79 bits per heavy atom. The molecule has 0 aliphatic carbocycles. The number of rotatable bonds is 5. The van der Waals surface area contributed by atoms with Crippen LogP contribution in [0.1, 0.15) is 28.9 Å². The molecule has 1 amide bonds. The summed E-state index contributed by atoms with van der Waals surface area (Å²) in [5, 5.41) is 13.2. The van der Waals surface area contributed by atoms with Gasteiger partial charge >= 0.3 is 5.97 Å². The van der Waals surface area contributed by atoms with Crippen molar-refractivity contribution in [2.24, 2.45) is 5.92 Å². The molecule has 0 aliphatic heterocycles. The van der Waals surface area contributed by atoms with E-state index in [-0.39, 0.29) is 5.91 Å². The molecule has 3 aromatic rings. The third-order valence-electron chi connectivity index (χ3n) is 4.17. The van der Waals surface area contributed by atoms with Gasteiger partial charge in [-0.05, 0) is 24.6 Å². The normalized spacial score (nSPS) is 13.4. The maximum Gasteiger partial charge on any atom is 0.308 e. The second-order valence-electron chi connectivity index (χ2n) is 5.74. The van der Waals surface area contributed by atoms with E-state index in [1.807, 2.05) is 48.5 Å². The molecule has 3 rings (SSSR count). The SMILES string of the molecule is C[C@H](C(=O)O)[C@H](NC(=O)c1cccc2cc[nH]c12)c1ccccc1. The number of aromatic nitrogens is 1. The van der Waals surface area contributed by atoms with Crippen molar-refractivity contribution in [3.05, 3.63) is 71.9 Å². The molecule has 1 heterocycles. The molecule has 0 saturated heterocycles. The molecule has 0 fully saturated rings. The first-order chi connectivity index (χ1) is 11.6. The number of aliphatic carboxylic acids is 1. The second-order valence-corrected chi connectivity index (χ2v) is 5.74. The molecule has 0 bridgehead atoms. The monoisotopic (exact) mass is 322 g/mol. The number of carbonyl (C=O) groups excluding carboxylic acids is 1. The number of carbonyl (C=O) groups is 2. The van der Waals surface area contributed by atoms with Crippen LogP contribution in [-0.4, -0.2) is 22.0 Å². The summed E-state index contributed by atoms with van der Waals surface area (Å²) >= 11 is 0. The summed E-state index contributed by atoms with van der Waals surface area (Å²) in [7, 11) is 0. The van der Waals surface area contributed by atoms with Crippen LogP contribution in [0, 0.1) is 5.92 Å². The lowest BCUT2D eigenvalue weighted by atomic mass is 9.94. The third kappa shape index (κ3) is 3.01. The molecule has 0 spiro atoms. The summed E-state index contributed by atoms with van der Waals surface area (Å²) in [4.78, 5) is 27.2. The van der Waals surface area contributed by atoms with E-state index >= 15 is 0 Å². The highest BCUT2D eigenvalue weighted by Crippen LogP contribution is 2.24. The largest absolute Gasteiger partial charge is 0.481 e. The molecule has 0 unspecified atom stereocenters. The van der Waals surface area contributed by atoms with Gasteiger partial charge in [-0.2, -0.15) is 0 Å². The predicted molar refractivity (Wildman–Crippen MR) is 91.7 cm³/mol. The van der Waals surface area contributed by atoms with Gasteiger partial charge in [0, 0.05) is 11.6 Å². The number of hydrogen-bond donors (Lipinski definition) is 3. The Hall–Kier alpha value is -3.08. The van der Waals surface area contributed by atoms with Crippen LogP contribution in [0.4, 0.5) is 0 Å². The fourth-order valence-corrected chi connectivity index (χ4v) is 2.79. The fourth-order valence-electron chi connectivity index (χ4n) is 2.79. The minimum absolute atomic E-state index is 0.301. The Labute approximate surface area is 139 Å². The summed E-state index contributed by atoms with van der Waals surface area (Å²) in [6.45, 7) is 1.59. The van der Waals surface area contributed by atoms with Crippen LogP contribution >= 0.6 is 0 Å². The first-order valence-electron chi connectivity index (χ1n) is 7.72. The lowest BCUT2D eigenvalue weighted by Crippen LogP contribution is -2.35. The zero-order chi connectivity index (χ0) is 17.1. The average molecular weight is 322 g/mol. The Morgan fingerprint density at radius 3 is 2.50 bits per heavy atom. The van der Waals surface area contributed by atoms with Crippen molar-refractivity contribution >= 4 is 22.8 Å². The summed E-state index contributed by atoms with van der Waals surface area (Å²) in [6.07, 6.45) is 1.77. The number of fused-ring (bicyclic) bond motifs is 1. The van der Waals surface area contributed by atoms with Gasteiger partial charge in [-0.15, -0.1) is 0 Å². The van der Waals surface area contributed by atoms with E-state index in [9.17, 15) is 14.7 Å². The molecule has 3 N–H and O–H groups in total. The van der Waals surface area contributed by atoms with Gasteiger partial charge in [0.05, 0.1) is 23.0 Å². The average Bonchev–Trinajstić information content (AvgIpc) is 3.08. The van der Waals surface area contributed by atoms with E-state index < -0.39 is 17.9 Å². The van der Waals surface area contributed by atoms with Gasteiger partial charge in [-0.3, -0.25) is 9.59 Å². The number of para-hydroxylation sites is 1. The van der Waals surface area contributed by atoms with Crippen molar-refractivity contribution in [1.29, 1.82) is 0 Å². The van der Waals surface area contributed by atoms with E-state index in [1.165, 1.54) is 0 Å². The minimum Gasteiger partial charge on any atom is -0.481 e. The van der Waals surface area contributed by atoms with Crippen LogP contribution < -0.4 is 5.32 Å². The number of nitrogens with one attached hydrogen (secondary N) is 2. The molecule has 5 nitrogen and oxygen atoms in total. The van der Waals surface area contributed by atoms with Crippen molar-refractivity contribution in [1.82, 2.24) is 10.3 Å². The maximum absolute atomic E-state index is 12.7. The lowest BCUT2D eigenvalue weighted by molar-refractivity contribution is -0.142. The molecule has 24 heavy (non-hydrogen) atoms. The van der Waals surface area contributed by atoms with E-state index in [4.69, 9.17) is 0 Å². The Kier molecular flexibility index (Phi) is 4.33. The zero-order valence-electron chi connectivity index (χ0n) is 13.2. The summed E-state index contributed by atoms with van der Waals surface area (Å²) < 4.78 is 0. The molecule has 0 radical (unpaired) electrons. The summed E-state index contributed by atoms with van der Waals surface area (Å²) in [5.41, 5.74) is 2.00. The topological polar surface area (TPSA) is 82.2 Å². The number of benzene rings is 2. The highest BCUT2D eigenvalue weighted by atomic mass is 16.4. The molecule has 122 valence electrons. The first kappa shape index (κ1) is 15.8. The van der Waals surface area contributed by atoms with Crippen LogP contribution in [0.15, 0.2) is 60.8 Å². The number of amides is 1. The van der Waals surface area contributed by atoms with Crippen LogP contribution in [0.3, 0.4) is 0 Å². The van der Waals surface area contributed by atoms with Gasteiger partial charge in [0.1, 0.15) is 0 Å². The smallest absolute Gasteiger partial charge is 0.308 e. The highest BCUT2D eigenvalue weighted by molar-refractivity contribution is 6.05. The van der Waals surface area contributed by atoms with E-state index in [2.05, 4.69) is 10.3 Å². The molecule has 0 saturated carbocycles. The van der Waals surface area contributed by atoms with Gasteiger partial charge in [0.25, 0.3) is 5.91 Å². The molecule has 2 atom stereocenters. The molecular weight excluding hydrogens is 304 g/mol. The van der Waals surface area contributed by atoms with Gasteiger partial charge in [0.15, 0.2) is 0 Å². The van der Waals surface area contributed by atoms with Gasteiger partial charge in [-0.25, -0.2) is 0 Å². The molecule has 1 aromatic heterocycles. The third-order valence-corrected chi connectivity index (χ3v) is 4.17. The molecule has 2 aromatic carbocycles. The number of hydrogen-bond acceptors (Lipinski definition) is 2. The highest BCUT2D eigenvalue weighted by Gasteiger charge is 2.27. The van der Waals surface area contributed by atoms with Crippen molar-refractivity contribution in [2.45, 2.75) is 13.0 Å². The Balaban J connectivity index is 1.94. The molecule has 0 aliphatic rings. The van der Waals surface area contributed by atoms with Crippen LogP contribution in [-0.2, 0) is 4.79 Å².